The minimum Gasteiger partial charge on any atom is -0.456 e. The fourth-order valence-corrected chi connectivity index (χ4v) is 2.20. The Labute approximate surface area is 120 Å². The molecule has 1 atom stereocenters. The lowest BCUT2D eigenvalue weighted by molar-refractivity contribution is 0.479. The summed E-state index contributed by atoms with van der Waals surface area (Å²) < 4.78 is 6.63. The Hall–Kier alpha value is -1.03. The van der Waals surface area contributed by atoms with Crippen LogP contribution in [0, 0.1) is 0 Å². The fourth-order valence-electron chi connectivity index (χ4n) is 1.54. The third-order valence-corrected chi connectivity index (χ3v) is 3.36. The number of rotatable bonds is 3. The quantitative estimate of drug-likeness (QED) is 0.869. The molecule has 4 heteroatoms. The van der Waals surface area contributed by atoms with Gasteiger partial charge in [0, 0.05) is 11.1 Å². The fraction of sp³-hybridized carbons (Fsp3) is 0.143. The number of hydrogen-bond acceptors (Lipinski definition) is 2. The molecule has 0 radical (unpaired) electrons. The molecule has 0 spiro atoms. The third-order valence-electron chi connectivity index (χ3n) is 2.51. The van der Waals surface area contributed by atoms with E-state index in [4.69, 9.17) is 22.1 Å². The summed E-state index contributed by atoms with van der Waals surface area (Å²) in [7, 11) is 0. The molecule has 2 aromatic carbocycles. The van der Waals surface area contributed by atoms with Crippen molar-refractivity contribution in [1.82, 2.24) is 0 Å². The minimum absolute atomic E-state index is 0.00141. The molecular weight excluding hydrogens is 314 g/mol. The normalized spacial score (nSPS) is 12.2. The Bertz CT molecular complexity index is 557. The second-order valence-electron chi connectivity index (χ2n) is 4.04. The summed E-state index contributed by atoms with van der Waals surface area (Å²) in [5.74, 6) is 1.44. The monoisotopic (exact) mass is 325 g/mol. The Morgan fingerprint density at radius 2 is 2.00 bits per heavy atom. The Morgan fingerprint density at radius 1 is 1.22 bits per heavy atom. The van der Waals surface area contributed by atoms with Crippen LogP contribution in [0.1, 0.15) is 18.5 Å². The van der Waals surface area contributed by atoms with Crippen molar-refractivity contribution in [3.05, 3.63) is 57.5 Å². The van der Waals surface area contributed by atoms with E-state index in [0.29, 0.717) is 10.8 Å². The van der Waals surface area contributed by atoms with Crippen molar-refractivity contribution in [2.24, 2.45) is 5.73 Å². The average molecular weight is 327 g/mol. The van der Waals surface area contributed by atoms with Crippen molar-refractivity contribution < 1.29 is 4.74 Å². The molecule has 0 amide bonds. The summed E-state index contributed by atoms with van der Waals surface area (Å²) in [4.78, 5) is 0. The lowest BCUT2D eigenvalue weighted by atomic mass is 10.1. The van der Waals surface area contributed by atoms with Crippen LogP contribution in [0.4, 0.5) is 0 Å². The van der Waals surface area contributed by atoms with Crippen LogP contribution in [0.25, 0.3) is 0 Å². The van der Waals surface area contributed by atoms with Gasteiger partial charge in [-0.3, -0.25) is 0 Å². The summed E-state index contributed by atoms with van der Waals surface area (Å²) in [5.41, 5.74) is 6.88. The molecule has 0 aliphatic heterocycles. The second-order valence-corrected chi connectivity index (χ2v) is 5.33. The maximum Gasteiger partial charge on any atom is 0.141 e. The standard InChI is InChI=1S/C14H13BrClNO/c1-9(17)10-5-6-14(13(15)7-10)18-12-4-2-3-11(16)8-12/h2-9H,17H2,1H3/t9-/m1/s1. The zero-order chi connectivity index (χ0) is 13.1. The van der Waals surface area contributed by atoms with Crippen LogP contribution in [0.15, 0.2) is 46.9 Å². The lowest BCUT2D eigenvalue weighted by Crippen LogP contribution is -2.04. The van der Waals surface area contributed by atoms with Crippen molar-refractivity contribution >= 4 is 27.5 Å². The van der Waals surface area contributed by atoms with E-state index in [1.165, 1.54) is 0 Å². The van der Waals surface area contributed by atoms with Crippen LogP contribution in [-0.2, 0) is 0 Å². The Morgan fingerprint density at radius 3 is 2.61 bits per heavy atom. The number of ether oxygens (including phenoxy) is 1. The first kappa shape index (κ1) is 13.4. The van der Waals surface area contributed by atoms with E-state index in [1.807, 2.05) is 43.3 Å². The third kappa shape index (κ3) is 3.25. The summed E-state index contributed by atoms with van der Waals surface area (Å²) >= 11 is 9.39. The molecule has 94 valence electrons. The molecule has 2 nitrogen and oxygen atoms in total. The van der Waals surface area contributed by atoms with Gasteiger partial charge in [0.1, 0.15) is 11.5 Å². The summed E-state index contributed by atoms with van der Waals surface area (Å²) in [5, 5.41) is 0.649. The van der Waals surface area contributed by atoms with Gasteiger partial charge in [-0.2, -0.15) is 0 Å². The number of nitrogens with two attached hydrogens (primary N) is 1. The van der Waals surface area contributed by atoms with E-state index in [0.717, 1.165) is 15.8 Å². The zero-order valence-corrected chi connectivity index (χ0v) is 12.2. The molecule has 0 fully saturated rings. The SMILES string of the molecule is C[C@@H](N)c1ccc(Oc2cccc(Cl)c2)c(Br)c1. The minimum atomic E-state index is 0.00141. The van der Waals surface area contributed by atoms with Crippen LogP contribution >= 0.6 is 27.5 Å². The van der Waals surface area contributed by atoms with Gasteiger partial charge in [-0.05, 0) is 58.7 Å². The van der Waals surface area contributed by atoms with Gasteiger partial charge in [0.25, 0.3) is 0 Å². The van der Waals surface area contributed by atoms with Gasteiger partial charge < -0.3 is 10.5 Å². The van der Waals surface area contributed by atoms with Crippen LogP contribution in [0.5, 0.6) is 11.5 Å². The molecule has 0 aliphatic carbocycles. The van der Waals surface area contributed by atoms with Gasteiger partial charge in [0.2, 0.25) is 0 Å². The van der Waals surface area contributed by atoms with Gasteiger partial charge in [-0.1, -0.05) is 23.7 Å². The predicted molar refractivity (Wildman–Crippen MR) is 78.3 cm³/mol. The van der Waals surface area contributed by atoms with E-state index in [9.17, 15) is 0 Å². The van der Waals surface area contributed by atoms with Crippen molar-refractivity contribution in [3.63, 3.8) is 0 Å². The highest BCUT2D eigenvalue weighted by molar-refractivity contribution is 9.10. The molecule has 2 N–H and O–H groups in total. The van der Waals surface area contributed by atoms with Gasteiger partial charge in [0.15, 0.2) is 0 Å². The summed E-state index contributed by atoms with van der Waals surface area (Å²) in [6.07, 6.45) is 0. The van der Waals surface area contributed by atoms with E-state index < -0.39 is 0 Å². The van der Waals surface area contributed by atoms with Crippen molar-refractivity contribution in [2.45, 2.75) is 13.0 Å². The van der Waals surface area contributed by atoms with E-state index >= 15 is 0 Å². The van der Waals surface area contributed by atoms with E-state index in [1.54, 1.807) is 6.07 Å². The number of benzene rings is 2. The molecule has 2 rings (SSSR count). The van der Waals surface area contributed by atoms with Gasteiger partial charge in [-0.15, -0.1) is 0 Å². The summed E-state index contributed by atoms with van der Waals surface area (Å²) in [6, 6.07) is 13.1. The van der Waals surface area contributed by atoms with Crippen LogP contribution in [-0.4, -0.2) is 0 Å². The number of halogens is 2. The lowest BCUT2D eigenvalue weighted by Gasteiger charge is -2.11. The number of hydrogen-bond donors (Lipinski definition) is 1. The molecule has 0 aliphatic rings. The topological polar surface area (TPSA) is 35.2 Å². The average Bonchev–Trinajstić information content (AvgIpc) is 2.31. The zero-order valence-electron chi connectivity index (χ0n) is 9.86. The van der Waals surface area contributed by atoms with Crippen LogP contribution in [0.3, 0.4) is 0 Å². The Kier molecular flexibility index (Phi) is 4.27. The summed E-state index contributed by atoms with van der Waals surface area (Å²) in [6.45, 7) is 1.94. The molecule has 0 saturated carbocycles. The van der Waals surface area contributed by atoms with Gasteiger partial charge in [0.05, 0.1) is 4.47 Å². The predicted octanol–water partition coefficient (Wildman–Crippen LogP) is 4.91. The molecular formula is C14H13BrClNO. The molecule has 0 aromatic heterocycles. The highest BCUT2D eigenvalue weighted by Gasteiger charge is 2.06. The second kappa shape index (κ2) is 5.74. The highest BCUT2D eigenvalue weighted by atomic mass is 79.9. The van der Waals surface area contributed by atoms with E-state index in [2.05, 4.69) is 15.9 Å². The first-order valence-corrected chi connectivity index (χ1v) is 6.72. The smallest absolute Gasteiger partial charge is 0.141 e. The largest absolute Gasteiger partial charge is 0.456 e. The van der Waals surface area contributed by atoms with E-state index in [-0.39, 0.29) is 6.04 Å². The van der Waals surface area contributed by atoms with Crippen LogP contribution < -0.4 is 10.5 Å². The molecule has 0 bridgehead atoms. The van der Waals surface area contributed by atoms with Crippen molar-refractivity contribution in [2.75, 3.05) is 0 Å². The molecule has 0 heterocycles. The van der Waals surface area contributed by atoms with Gasteiger partial charge >= 0.3 is 0 Å². The highest BCUT2D eigenvalue weighted by Crippen LogP contribution is 2.32. The maximum absolute atomic E-state index is 5.91. The van der Waals surface area contributed by atoms with Crippen molar-refractivity contribution in [3.8, 4) is 11.5 Å². The maximum atomic E-state index is 5.91. The molecule has 2 aromatic rings. The molecule has 0 unspecified atom stereocenters. The van der Waals surface area contributed by atoms with Crippen molar-refractivity contribution in [1.29, 1.82) is 0 Å². The van der Waals surface area contributed by atoms with Crippen LogP contribution in [0.2, 0.25) is 5.02 Å². The molecule has 0 saturated heterocycles. The molecule has 18 heavy (non-hydrogen) atoms. The first-order valence-electron chi connectivity index (χ1n) is 5.54. The first-order chi connectivity index (χ1) is 8.56. The Balaban J connectivity index is 2.24. The van der Waals surface area contributed by atoms with Gasteiger partial charge in [-0.25, -0.2) is 0 Å².